The van der Waals surface area contributed by atoms with Gasteiger partial charge in [0.15, 0.2) is 0 Å². The van der Waals surface area contributed by atoms with Gasteiger partial charge in [-0.25, -0.2) is 9.18 Å². The predicted octanol–water partition coefficient (Wildman–Crippen LogP) is 2.66. The predicted molar refractivity (Wildman–Crippen MR) is 59.2 cm³/mol. The number of aliphatic carboxylic acids is 1. The first kappa shape index (κ1) is 13.2. The Balaban J connectivity index is 2.75. The van der Waals surface area contributed by atoms with E-state index < -0.39 is 18.5 Å². The fraction of sp³-hybridized carbons (Fsp3) is 0.250. The number of hydrogen-bond acceptors (Lipinski definition) is 2. The van der Waals surface area contributed by atoms with Gasteiger partial charge < -0.3 is 9.84 Å². The van der Waals surface area contributed by atoms with Crippen molar-refractivity contribution in [2.24, 2.45) is 0 Å². The number of halogens is 2. The highest BCUT2D eigenvalue weighted by Crippen LogP contribution is 2.17. The number of carbonyl (C=O) groups is 1. The third-order valence-corrected chi connectivity index (χ3v) is 1.86. The molecule has 0 aliphatic heterocycles. The fourth-order valence-electron chi connectivity index (χ4n) is 1.18. The Labute approximate surface area is 97.3 Å². The van der Waals surface area contributed by atoms with Crippen LogP contribution in [0.25, 0.3) is 6.08 Å². The van der Waals surface area contributed by atoms with Crippen LogP contribution in [0.1, 0.15) is 12.0 Å². The van der Waals surface area contributed by atoms with Crippen molar-refractivity contribution in [3.05, 3.63) is 35.7 Å². The molecule has 0 aromatic heterocycles. The van der Waals surface area contributed by atoms with Crippen LogP contribution < -0.4 is 4.74 Å². The minimum Gasteiger partial charge on any atom is -0.493 e. The average molecular weight is 242 g/mol. The van der Waals surface area contributed by atoms with Gasteiger partial charge in [-0.05, 0) is 23.8 Å². The van der Waals surface area contributed by atoms with Crippen LogP contribution in [0.15, 0.2) is 24.3 Å². The second kappa shape index (κ2) is 6.62. The van der Waals surface area contributed by atoms with Crippen molar-refractivity contribution in [3.8, 4) is 5.75 Å². The van der Waals surface area contributed by atoms with Crippen molar-refractivity contribution in [1.82, 2.24) is 0 Å². The maximum absolute atomic E-state index is 13.1. The van der Waals surface area contributed by atoms with E-state index in [1.807, 2.05) is 0 Å². The lowest BCUT2D eigenvalue weighted by atomic mass is 10.2. The van der Waals surface area contributed by atoms with Crippen molar-refractivity contribution in [2.45, 2.75) is 6.42 Å². The van der Waals surface area contributed by atoms with Gasteiger partial charge in [0.1, 0.15) is 11.6 Å². The molecule has 0 radical (unpaired) electrons. The van der Waals surface area contributed by atoms with E-state index >= 15 is 0 Å². The van der Waals surface area contributed by atoms with E-state index in [4.69, 9.17) is 9.84 Å². The Morgan fingerprint density at radius 2 is 2.18 bits per heavy atom. The van der Waals surface area contributed by atoms with Crippen molar-refractivity contribution in [3.63, 3.8) is 0 Å². The molecule has 0 spiro atoms. The van der Waals surface area contributed by atoms with Gasteiger partial charge in [-0.15, -0.1) is 0 Å². The minimum absolute atomic E-state index is 0.155. The summed E-state index contributed by atoms with van der Waals surface area (Å²) in [6, 6.07) is 3.83. The second-order valence-electron chi connectivity index (χ2n) is 3.28. The Kier molecular flexibility index (Phi) is 5.13. The lowest BCUT2D eigenvalue weighted by Gasteiger charge is -2.05. The van der Waals surface area contributed by atoms with Crippen molar-refractivity contribution in [2.75, 3.05) is 13.3 Å². The summed E-state index contributed by atoms with van der Waals surface area (Å²) in [7, 11) is 0. The fourth-order valence-corrected chi connectivity index (χ4v) is 1.18. The molecule has 0 saturated carbocycles. The number of ether oxygens (including phenoxy) is 1. The second-order valence-corrected chi connectivity index (χ2v) is 3.28. The molecule has 0 aliphatic rings. The van der Waals surface area contributed by atoms with E-state index in [1.54, 1.807) is 0 Å². The largest absolute Gasteiger partial charge is 0.493 e. The molecule has 1 aromatic carbocycles. The van der Waals surface area contributed by atoms with Gasteiger partial charge in [0, 0.05) is 18.6 Å². The van der Waals surface area contributed by atoms with Crippen LogP contribution in [0.2, 0.25) is 0 Å². The molecule has 17 heavy (non-hydrogen) atoms. The maximum Gasteiger partial charge on any atom is 0.328 e. The lowest BCUT2D eigenvalue weighted by molar-refractivity contribution is -0.131. The van der Waals surface area contributed by atoms with Gasteiger partial charge in [0.05, 0.1) is 13.3 Å². The number of benzene rings is 1. The van der Waals surface area contributed by atoms with Gasteiger partial charge in [-0.1, -0.05) is 0 Å². The van der Waals surface area contributed by atoms with Crippen LogP contribution in [0.5, 0.6) is 5.75 Å². The van der Waals surface area contributed by atoms with Crippen LogP contribution in [-0.2, 0) is 4.79 Å². The molecule has 0 saturated heterocycles. The molecule has 0 aliphatic carbocycles. The number of alkyl halides is 1. The van der Waals surface area contributed by atoms with Gasteiger partial charge in [-0.2, -0.15) is 0 Å². The van der Waals surface area contributed by atoms with Crippen LogP contribution >= 0.6 is 0 Å². The summed E-state index contributed by atoms with van der Waals surface area (Å²) in [4.78, 5) is 10.3. The Morgan fingerprint density at radius 1 is 1.41 bits per heavy atom. The molecule has 1 rings (SSSR count). The van der Waals surface area contributed by atoms with E-state index in [1.165, 1.54) is 18.2 Å². The smallest absolute Gasteiger partial charge is 0.328 e. The van der Waals surface area contributed by atoms with E-state index in [0.29, 0.717) is 5.56 Å². The van der Waals surface area contributed by atoms with Crippen molar-refractivity contribution >= 4 is 12.0 Å². The third kappa shape index (κ3) is 5.10. The first-order valence-corrected chi connectivity index (χ1v) is 5.02. The van der Waals surface area contributed by atoms with Crippen LogP contribution in [0.3, 0.4) is 0 Å². The molecule has 0 bridgehead atoms. The molecule has 0 fully saturated rings. The van der Waals surface area contributed by atoms with Crippen molar-refractivity contribution in [1.29, 1.82) is 0 Å². The quantitative estimate of drug-likeness (QED) is 0.616. The average Bonchev–Trinajstić information content (AvgIpc) is 2.26. The number of hydrogen-bond donors (Lipinski definition) is 1. The van der Waals surface area contributed by atoms with Crippen molar-refractivity contribution < 1.29 is 23.4 Å². The standard InChI is InChI=1S/C12H12F2O3/c13-4-1-5-17-11-7-9(2-3-12(15)16)6-10(14)8-11/h2-3,6-8H,1,4-5H2,(H,15,16)/b3-2+. The highest BCUT2D eigenvalue weighted by molar-refractivity contribution is 5.85. The number of rotatable bonds is 6. The summed E-state index contributed by atoms with van der Waals surface area (Å²) in [5, 5.41) is 8.43. The van der Waals surface area contributed by atoms with Gasteiger partial charge in [0.2, 0.25) is 0 Å². The molecule has 0 heterocycles. The minimum atomic E-state index is -1.12. The van der Waals surface area contributed by atoms with E-state index in [0.717, 1.165) is 12.1 Å². The normalized spacial score (nSPS) is 10.7. The summed E-state index contributed by atoms with van der Waals surface area (Å²) in [5.41, 5.74) is 0.377. The molecule has 3 nitrogen and oxygen atoms in total. The van der Waals surface area contributed by atoms with Gasteiger partial charge >= 0.3 is 5.97 Å². The molecule has 1 aromatic rings. The summed E-state index contributed by atoms with van der Waals surface area (Å²) in [6.07, 6.45) is 2.39. The zero-order chi connectivity index (χ0) is 12.7. The maximum atomic E-state index is 13.1. The number of carboxylic acid groups (broad SMARTS) is 1. The van der Waals surface area contributed by atoms with Crippen LogP contribution in [-0.4, -0.2) is 24.4 Å². The van der Waals surface area contributed by atoms with E-state index in [2.05, 4.69) is 0 Å². The zero-order valence-electron chi connectivity index (χ0n) is 9.03. The highest BCUT2D eigenvalue weighted by atomic mass is 19.1. The molecule has 0 amide bonds. The number of carboxylic acids is 1. The highest BCUT2D eigenvalue weighted by Gasteiger charge is 2.00. The SMILES string of the molecule is O=C(O)/C=C/c1cc(F)cc(OCCCF)c1. The summed E-state index contributed by atoms with van der Waals surface area (Å²) in [5.74, 6) is -1.40. The topological polar surface area (TPSA) is 46.5 Å². The van der Waals surface area contributed by atoms with Gasteiger partial charge in [-0.3, -0.25) is 4.39 Å². The molecule has 92 valence electrons. The van der Waals surface area contributed by atoms with Crippen LogP contribution in [0, 0.1) is 5.82 Å². The Morgan fingerprint density at radius 3 is 2.82 bits per heavy atom. The first-order chi connectivity index (χ1) is 8.11. The zero-order valence-corrected chi connectivity index (χ0v) is 9.03. The Bertz CT molecular complexity index is 416. The van der Waals surface area contributed by atoms with Crippen LogP contribution in [0.4, 0.5) is 8.78 Å². The monoisotopic (exact) mass is 242 g/mol. The first-order valence-electron chi connectivity index (χ1n) is 5.02. The molecule has 1 N–H and O–H groups in total. The molecular formula is C12H12F2O3. The van der Waals surface area contributed by atoms with E-state index in [-0.39, 0.29) is 18.8 Å². The summed E-state index contributed by atoms with van der Waals surface area (Å²) >= 11 is 0. The third-order valence-electron chi connectivity index (χ3n) is 1.86. The lowest BCUT2D eigenvalue weighted by Crippen LogP contribution is -1.98. The summed E-state index contributed by atoms with van der Waals surface area (Å²) < 4.78 is 30.1. The summed E-state index contributed by atoms with van der Waals surface area (Å²) in [6.45, 7) is -0.344. The molecule has 0 unspecified atom stereocenters. The van der Waals surface area contributed by atoms with Gasteiger partial charge in [0.25, 0.3) is 0 Å². The molecular weight excluding hydrogens is 230 g/mol. The molecule has 5 heteroatoms. The van der Waals surface area contributed by atoms with E-state index in [9.17, 15) is 13.6 Å². The molecule has 0 atom stereocenters. The Hall–Kier alpha value is -1.91.